The highest BCUT2D eigenvalue weighted by molar-refractivity contribution is 5.47. The smallest absolute Gasteiger partial charge is 0.210 e. The molecule has 0 atom stereocenters. The van der Waals surface area contributed by atoms with Crippen molar-refractivity contribution in [3.63, 3.8) is 0 Å². The zero-order valence-electron chi connectivity index (χ0n) is 5.99. The highest BCUT2D eigenvalue weighted by atomic mass is 16.3. The number of aliphatic hydroxyl groups is 1. The minimum atomic E-state index is 0.0786. The summed E-state index contributed by atoms with van der Waals surface area (Å²) in [5.41, 5.74) is 0. The van der Waals surface area contributed by atoms with Gasteiger partial charge in [0.1, 0.15) is 0 Å². The van der Waals surface area contributed by atoms with Crippen LogP contribution >= 0.6 is 0 Å². The van der Waals surface area contributed by atoms with Crippen molar-refractivity contribution in [3.05, 3.63) is 0 Å². The Bertz CT molecular complexity index is 112. The molecule has 0 aromatic heterocycles. The number of nitrogens with zero attached hydrogens (tertiary/aromatic N) is 1. The summed E-state index contributed by atoms with van der Waals surface area (Å²) in [7, 11) is 0. The van der Waals surface area contributed by atoms with Crippen LogP contribution in [-0.2, 0) is 4.79 Å². The third kappa shape index (κ3) is 1.48. The largest absolute Gasteiger partial charge is 0.395 e. The van der Waals surface area contributed by atoms with Crippen molar-refractivity contribution in [1.29, 1.82) is 0 Å². The van der Waals surface area contributed by atoms with Gasteiger partial charge in [-0.05, 0) is 19.3 Å². The van der Waals surface area contributed by atoms with E-state index in [2.05, 4.69) is 0 Å². The molecule has 3 nitrogen and oxygen atoms in total. The summed E-state index contributed by atoms with van der Waals surface area (Å²) in [6.07, 6.45) is 4.28. The number of amides is 1. The first-order chi connectivity index (χ1) is 4.88. The first-order valence-corrected chi connectivity index (χ1v) is 3.70. The molecule has 1 amide bonds. The number of hydrogen-bond donors (Lipinski definition) is 1. The van der Waals surface area contributed by atoms with Gasteiger partial charge in [0.05, 0.1) is 6.61 Å². The van der Waals surface area contributed by atoms with Crippen molar-refractivity contribution in [1.82, 2.24) is 4.90 Å². The molecule has 10 heavy (non-hydrogen) atoms. The molecule has 0 radical (unpaired) electrons. The van der Waals surface area contributed by atoms with E-state index in [0.29, 0.717) is 12.6 Å². The quantitative estimate of drug-likeness (QED) is 0.562. The Kier molecular flexibility index (Phi) is 2.68. The fourth-order valence-electron chi connectivity index (χ4n) is 1.16. The second kappa shape index (κ2) is 3.56. The van der Waals surface area contributed by atoms with Gasteiger partial charge in [0.2, 0.25) is 6.41 Å². The van der Waals surface area contributed by atoms with Crippen LogP contribution in [0, 0.1) is 0 Å². The molecule has 3 heteroatoms. The van der Waals surface area contributed by atoms with Crippen LogP contribution in [0.3, 0.4) is 0 Å². The summed E-state index contributed by atoms with van der Waals surface area (Å²) in [5.74, 6) is 0. The monoisotopic (exact) mass is 143 g/mol. The Morgan fingerprint density at radius 1 is 1.60 bits per heavy atom. The second-order valence-corrected chi connectivity index (χ2v) is 2.65. The van der Waals surface area contributed by atoms with Crippen molar-refractivity contribution in [2.45, 2.75) is 25.3 Å². The lowest BCUT2D eigenvalue weighted by Crippen LogP contribution is -2.40. The summed E-state index contributed by atoms with van der Waals surface area (Å²) in [4.78, 5) is 12.0. The van der Waals surface area contributed by atoms with Crippen molar-refractivity contribution >= 4 is 6.41 Å². The minimum Gasteiger partial charge on any atom is -0.395 e. The zero-order valence-corrected chi connectivity index (χ0v) is 5.99. The van der Waals surface area contributed by atoms with E-state index in [1.807, 2.05) is 0 Å². The Labute approximate surface area is 60.6 Å². The van der Waals surface area contributed by atoms with Gasteiger partial charge < -0.3 is 10.0 Å². The summed E-state index contributed by atoms with van der Waals surface area (Å²) < 4.78 is 0. The third-order valence-electron chi connectivity index (χ3n) is 2.04. The Morgan fingerprint density at radius 2 is 2.30 bits per heavy atom. The molecule has 0 heterocycles. The van der Waals surface area contributed by atoms with Gasteiger partial charge in [-0.2, -0.15) is 0 Å². The summed E-state index contributed by atoms with van der Waals surface area (Å²) >= 11 is 0. The van der Waals surface area contributed by atoms with Crippen LogP contribution < -0.4 is 0 Å². The van der Waals surface area contributed by atoms with Crippen LogP contribution in [-0.4, -0.2) is 35.6 Å². The summed E-state index contributed by atoms with van der Waals surface area (Å²) in [6.45, 7) is 0.573. The van der Waals surface area contributed by atoms with Crippen LogP contribution in [0.25, 0.3) is 0 Å². The molecular weight excluding hydrogens is 130 g/mol. The van der Waals surface area contributed by atoms with Crippen molar-refractivity contribution in [2.24, 2.45) is 0 Å². The van der Waals surface area contributed by atoms with E-state index >= 15 is 0 Å². The molecule has 0 aromatic carbocycles. The number of carbonyl (C=O) groups excluding carboxylic acids is 1. The van der Waals surface area contributed by atoms with Gasteiger partial charge in [-0.15, -0.1) is 0 Å². The molecule has 1 rings (SSSR count). The van der Waals surface area contributed by atoms with Gasteiger partial charge >= 0.3 is 0 Å². The molecule has 1 aliphatic carbocycles. The SMILES string of the molecule is O=CN(CCO)C1CCC1. The number of hydrogen-bond acceptors (Lipinski definition) is 2. The van der Waals surface area contributed by atoms with E-state index in [9.17, 15) is 4.79 Å². The predicted octanol–water partition coefficient (Wildman–Crippen LogP) is -0.0104. The molecule has 0 aliphatic heterocycles. The maximum atomic E-state index is 10.3. The predicted molar refractivity (Wildman–Crippen MR) is 37.5 cm³/mol. The molecule has 58 valence electrons. The normalized spacial score (nSPS) is 18.1. The average molecular weight is 143 g/mol. The fourth-order valence-corrected chi connectivity index (χ4v) is 1.16. The van der Waals surface area contributed by atoms with Gasteiger partial charge in [-0.3, -0.25) is 4.79 Å². The molecule has 0 aromatic rings. The Hall–Kier alpha value is -0.570. The van der Waals surface area contributed by atoms with E-state index in [0.717, 1.165) is 19.3 Å². The molecule has 0 spiro atoms. The van der Waals surface area contributed by atoms with Crippen LogP contribution in [0.15, 0.2) is 0 Å². The van der Waals surface area contributed by atoms with E-state index in [1.54, 1.807) is 4.90 Å². The molecular formula is C7H13NO2. The zero-order chi connectivity index (χ0) is 7.40. The van der Waals surface area contributed by atoms with E-state index < -0.39 is 0 Å². The highest BCUT2D eigenvalue weighted by Crippen LogP contribution is 2.22. The fraction of sp³-hybridized carbons (Fsp3) is 0.857. The lowest BCUT2D eigenvalue weighted by molar-refractivity contribution is -0.122. The Balaban J connectivity index is 2.24. The third-order valence-corrected chi connectivity index (χ3v) is 2.04. The lowest BCUT2D eigenvalue weighted by Gasteiger charge is -2.34. The van der Waals surface area contributed by atoms with Crippen LogP contribution in [0.5, 0.6) is 0 Å². The maximum absolute atomic E-state index is 10.3. The van der Waals surface area contributed by atoms with Crippen LogP contribution in [0.2, 0.25) is 0 Å². The molecule has 1 aliphatic rings. The van der Waals surface area contributed by atoms with E-state index in [4.69, 9.17) is 5.11 Å². The van der Waals surface area contributed by atoms with Crippen molar-refractivity contribution in [2.75, 3.05) is 13.2 Å². The summed E-state index contributed by atoms with van der Waals surface area (Å²) in [5, 5.41) is 8.54. The molecule has 0 unspecified atom stereocenters. The standard InChI is InChI=1S/C7H13NO2/c9-5-4-8(6-10)7-2-1-3-7/h6-7,9H,1-5H2. The first kappa shape index (κ1) is 7.54. The summed E-state index contributed by atoms with van der Waals surface area (Å²) in [6, 6.07) is 0.421. The topological polar surface area (TPSA) is 40.5 Å². The van der Waals surface area contributed by atoms with Crippen LogP contribution in [0.1, 0.15) is 19.3 Å². The van der Waals surface area contributed by atoms with Crippen molar-refractivity contribution in [3.8, 4) is 0 Å². The Morgan fingerprint density at radius 3 is 2.60 bits per heavy atom. The molecule has 0 saturated heterocycles. The maximum Gasteiger partial charge on any atom is 0.210 e. The van der Waals surface area contributed by atoms with Gasteiger partial charge in [-0.1, -0.05) is 0 Å². The number of aliphatic hydroxyl groups excluding tert-OH is 1. The second-order valence-electron chi connectivity index (χ2n) is 2.65. The molecule has 1 saturated carbocycles. The number of carbonyl (C=O) groups is 1. The lowest BCUT2D eigenvalue weighted by atomic mass is 9.92. The van der Waals surface area contributed by atoms with E-state index in [-0.39, 0.29) is 6.61 Å². The van der Waals surface area contributed by atoms with Gasteiger partial charge in [-0.25, -0.2) is 0 Å². The molecule has 0 bridgehead atoms. The van der Waals surface area contributed by atoms with Crippen LogP contribution in [0.4, 0.5) is 0 Å². The average Bonchev–Trinajstić information content (AvgIpc) is 1.83. The van der Waals surface area contributed by atoms with E-state index in [1.165, 1.54) is 6.42 Å². The first-order valence-electron chi connectivity index (χ1n) is 3.70. The van der Waals surface area contributed by atoms with Crippen molar-refractivity contribution < 1.29 is 9.90 Å². The van der Waals surface area contributed by atoms with Gasteiger partial charge in [0.25, 0.3) is 0 Å². The number of rotatable bonds is 4. The van der Waals surface area contributed by atoms with Gasteiger partial charge in [0, 0.05) is 12.6 Å². The molecule has 1 N–H and O–H groups in total. The highest BCUT2D eigenvalue weighted by Gasteiger charge is 2.22. The van der Waals surface area contributed by atoms with Gasteiger partial charge in [0.15, 0.2) is 0 Å². The minimum absolute atomic E-state index is 0.0786. The molecule has 1 fully saturated rings.